The van der Waals surface area contributed by atoms with E-state index in [1.54, 1.807) is 7.05 Å². The van der Waals surface area contributed by atoms with Crippen molar-refractivity contribution in [2.24, 2.45) is 0 Å². The maximum Gasteiger partial charge on any atom is 0.279 e. The van der Waals surface area contributed by atoms with Crippen molar-refractivity contribution < 1.29 is 8.42 Å². The fourth-order valence-electron chi connectivity index (χ4n) is 1.56. The van der Waals surface area contributed by atoms with Gasteiger partial charge in [0.25, 0.3) is 10.2 Å². The van der Waals surface area contributed by atoms with E-state index in [1.165, 1.54) is 15.6 Å². The summed E-state index contributed by atoms with van der Waals surface area (Å²) in [5.41, 5.74) is 0.914. The van der Waals surface area contributed by atoms with E-state index in [1.807, 2.05) is 12.3 Å². The maximum atomic E-state index is 12.0. The Morgan fingerprint density at radius 1 is 1.45 bits per heavy atom. The zero-order chi connectivity index (χ0) is 15.2. The second kappa shape index (κ2) is 8.04. The minimum Gasteiger partial charge on any atom is -0.314 e. The third kappa shape index (κ3) is 6.27. The Balaban J connectivity index is 2.35. The Labute approximate surface area is 125 Å². The van der Waals surface area contributed by atoms with Gasteiger partial charge in [0.1, 0.15) is 5.01 Å². The molecule has 0 radical (unpaired) electrons. The zero-order valence-electron chi connectivity index (χ0n) is 12.5. The molecule has 0 saturated carbocycles. The molecule has 1 heterocycles. The van der Waals surface area contributed by atoms with E-state index in [4.69, 9.17) is 0 Å². The largest absolute Gasteiger partial charge is 0.314 e. The molecular weight excluding hydrogens is 296 g/mol. The predicted octanol–water partition coefficient (Wildman–Crippen LogP) is 1.11. The monoisotopic (exact) mass is 320 g/mol. The molecule has 0 aliphatic heterocycles. The number of thiazole rings is 1. The van der Waals surface area contributed by atoms with Gasteiger partial charge in [-0.1, -0.05) is 13.8 Å². The van der Waals surface area contributed by atoms with Crippen molar-refractivity contribution in [2.45, 2.75) is 39.8 Å². The number of hydrogen-bond donors (Lipinski definition) is 2. The molecule has 2 N–H and O–H groups in total. The van der Waals surface area contributed by atoms with Gasteiger partial charge in [0.15, 0.2) is 0 Å². The number of rotatable bonds is 9. The lowest BCUT2D eigenvalue weighted by atomic mass is 10.3. The maximum absolute atomic E-state index is 12.0. The van der Waals surface area contributed by atoms with Crippen molar-refractivity contribution in [1.29, 1.82) is 0 Å². The lowest BCUT2D eigenvalue weighted by Gasteiger charge is -2.17. The van der Waals surface area contributed by atoms with Crippen LogP contribution in [0.5, 0.6) is 0 Å². The van der Waals surface area contributed by atoms with Gasteiger partial charge in [-0.3, -0.25) is 0 Å². The van der Waals surface area contributed by atoms with Crippen LogP contribution in [0, 0.1) is 6.92 Å². The zero-order valence-corrected chi connectivity index (χ0v) is 14.1. The lowest BCUT2D eigenvalue weighted by molar-refractivity contribution is 0.439. The summed E-state index contributed by atoms with van der Waals surface area (Å²) in [6.45, 7) is 7.57. The third-order valence-corrected chi connectivity index (χ3v) is 5.16. The fraction of sp³-hybridized carbons (Fsp3) is 0.750. The first-order valence-electron chi connectivity index (χ1n) is 6.66. The molecule has 6 nitrogen and oxygen atoms in total. The third-order valence-electron chi connectivity index (χ3n) is 2.69. The molecule has 0 atom stereocenters. The Morgan fingerprint density at radius 2 is 2.15 bits per heavy atom. The summed E-state index contributed by atoms with van der Waals surface area (Å²) >= 11 is 1.46. The summed E-state index contributed by atoms with van der Waals surface area (Å²) < 4.78 is 27.9. The second-order valence-electron chi connectivity index (χ2n) is 4.99. The Kier molecular flexibility index (Phi) is 7.04. The first-order valence-corrected chi connectivity index (χ1v) is 8.98. The molecule has 1 rings (SSSR count). The molecule has 20 heavy (non-hydrogen) atoms. The van der Waals surface area contributed by atoms with Crippen molar-refractivity contribution in [3.05, 3.63) is 16.1 Å². The van der Waals surface area contributed by atoms with E-state index in [9.17, 15) is 8.42 Å². The number of nitrogens with one attached hydrogen (secondary N) is 2. The first-order chi connectivity index (χ1) is 9.31. The van der Waals surface area contributed by atoms with Gasteiger partial charge < -0.3 is 5.32 Å². The number of aryl methyl sites for hydroxylation is 1. The second-order valence-corrected chi connectivity index (χ2v) is 7.80. The molecule has 0 bridgehead atoms. The first kappa shape index (κ1) is 17.5. The van der Waals surface area contributed by atoms with Gasteiger partial charge in [0.2, 0.25) is 0 Å². The fourth-order valence-corrected chi connectivity index (χ4v) is 3.27. The predicted molar refractivity (Wildman–Crippen MR) is 83.0 cm³/mol. The Morgan fingerprint density at radius 3 is 2.70 bits per heavy atom. The van der Waals surface area contributed by atoms with E-state index in [0.29, 0.717) is 12.6 Å². The van der Waals surface area contributed by atoms with E-state index < -0.39 is 10.2 Å². The number of nitrogens with zero attached hydrogens (tertiary/aromatic N) is 2. The van der Waals surface area contributed by atoms with Gasteiger partial charge >= 0.3 is 0 Å². The van der Waals surface area contributed by atoms with E-state index in [2.05, 4.69) is 28.9 Å². The van der Waals surface area contributed by atoms with Gasteiger partial charge in [0, 0.05) is 30.7 Å². The average Bonchev–Trinajstić information content (AvgIpc) is 2.77. The molecule has 0 fully saturated rings. The standard InChI is InChI=1S/C12H24N4O2S2/c1-10(2)13-6-5-7-16(4)20(17,18)14-8-12-15-11(3)9-19-12/h9-10,13-14H,5-8H2,1-4H3. The molecule has 1 aromatic rings. The highest BCUT2D eigenvalue weighted by molar-refractivity contribution is 7.87. The Hall–Kier alpha value is -0.540. The van der Waals surface area contributed by atoms with Gasteiger partial charge in [0.05, 0.1) is 6.54 Å². The van der Waals surface area contributed by atoms with Crippen LogP contribution in [0.1, 0.15) is 31.0 Å². The molecule has 0 saturated heterocycles. The average molecular weight is 320 g/mol. The summed E-state index contributed by atoms with van der Waals surface area (Å²) in [4.78, 5) is 4.23. The summed E-state index contributed by atoms with van der Waals surface area (Å²) in [5, 5.41) is 5.95. The molecule has 0 amide bonds. The minimum atomic E-state index is -3.43. The lowest BCUT2D eigenvalue weighted by Crippen LogP contribution is -2.39. The summed E-state index contributed by atoms with van der Waals surface area (Å²) in [6.07, 6.45) is 0.784. The van der Waals surface area contributed by atoms with Crippen molar-refractivity contribution in [1.82, 2.24) is 19.3 Å². The summed E-state index contributed by atoms with van der Waals surface area (Å²) in [6, 6.07) is 0.420. The van der Waals surface area contributed by atoms with Gasteiger partial charge in [-0.2, -0.15) is 17.4 Å². The van der Waals surface area contributed by atoms with Gasteiger partial charge in [-0.15, -0.1) is 11.3 Å². The molecular formula is C12H24N4O2S2. The SMILES string of the molecule is Cc1csc(CNS(=O)(=O)N(C)CCCNC(C)C)n1. The van der Waals surface area contributed by atoms with E-state index >= 15 is 0 Å². The molecule has 8 heteroatoms. The topological polar surface area (TPSA) is 74.3 Å². The molecule has 1 aromatic heterocycles. The van der Waals surface area contributed by atoms with E-state index in [0.717, 1.165) is 23.7 Å². The number of aromatic nitrogens is 1. The van der Waals surface area contributed by atoms with Crippen molar-refractivity contribution in [3.63, 3.8) is 0 Å². The van der Waals surface area contributed by atoms with Gasteiger partial charge in [-0.25, -0.2) is 4.98 Å². The van der Waals surface area contributed by atoms with Crippen molar-refractivity contribution in [3.8, 4) is 0 Å². The smallest absolute Gasteiger partial charge is 0.279 e. The van der Waals surface area contributed by atoms with Crippen LogP contribution in [0.4, 0.5) is 0 Å². The van der Waals surface area contributed by atoms with E-state index in [-0.39, 0.29) is 6.54 Å². The highest BCUT2D eigenvalue weighted by Crippen LogP contribution is 2.08. The van der Waals surface area contributed by atoms with Crippen LogP contribution < -0.4 is 10.0 Å². The molecule has 0 aliphatic rings. The van der Waals surface area contributed by atoms with Crippen molar-refractivity contribution in [2.75, 3.05) is 20.1 Å². The highest BCUT2D eigenvalue weighted by Gasteiger charge is 2.17. The molecule has 116 valence electrons. The summed E-state index contributed by atoms with van der Waals surface area (Å²) in [5.74, 6) is 0. The summed E-state index contributed by atoms with van der Waals surface area (Å²) in [7, 11) is -1.84. The normalized spacial score (nSPS) is 12.5. The van der Waals surface area contributed by atoms with Crippen LogP contribution in [0.2, 0.25) is 0 Å². The van der Waals surface area contributed by atoms with Crippen LogP contribution in [-0.2, 0) is 16.8 Å². The van der Waals surface area contributed by atoms with Crippen LogP contribution in [0.15, 0.2) is 5.38 Å². The van der Waals surface area contributed by atoms with Crippen LogP contribution in [0.25, 0.3) is 0 Å². The Bertz CT molecular complexity index is 499. The molecule has 0 unspecified atom stereocenters. The van der Waals surface area contributed by atoms with Crippen molar-refractivity contribution >= 4 is 21.5 Å². The molecule has 0 aromatic carbocycles. The molecule has 0 aliphatic carbocycles. The quantitative estimate of drug-likeness (QED) is 0.668. The number of hydrogen-bond acceptors (Lipinski definition) is 5. The minimum absolute atomic E-state index is 0.245. The molecule has 0 spiro atoms. The van der Waals surface area contributed by atoms with Crippen LogP contribution >= 0.6 is 11.3 Å². The highest BCUT2D eigenvalue weighted by atomic mass is 32.2. The van der Waals surface area contributed by atoms with Crippen LogP contribution in [0.3, 0.4) is 0 Å². The van der Waals surface area contributed by atoms with Crippen LogP contribution in [-0.4, -0.2) is 43.9 Å². The van der Waals surface area contributed by atoms with Gasteiger partial charge in [-0.05, 0) is 19.9 Å².